The van der Waals surface area contributed by atoms with Crippen molar-refractivity contribution in [2.75, 3.05) is 0 Å². The van der Waals surface area contributed by atoms with E-state index in [-0.39, 0.29) is 12.3 Å². The number of carbonyl (C=O) groups excluding carboxylic acids is 1. The molecule has 0 saturated carbocycles. The molecule has 0 aliphatic carbocycles. The Morgan fingerprint density at radius 1 is 1.11 bits per heavy atom. The lowest BCUT2D eigenvalue weighted by Crippen LogP contribution is -2.29. The number of nitrogens with two attached hydrogens (primary N) is 1. The van der Waals surface area contributed by atoms with Gasteiger partial charge < -0.3 is 20.6 Å². The number of nitrogens with zero attached hydrogens (tertiary/aromatic N) is 3. The Morgan fingerprint density at radius 2 is 1.94 bits per heavy atom. The first kappa shape index (κ1) is 21.5. The lowest BCUT2D eigenvalue weighted by atomic mass is 9.81. The maximum atomic E-state index is 12.3. The van der Waals surface area contributed by atoms with Gasteiger partial charge in [-0.15, -0.1) is 0 Å². The van der Waals surface area contributed by atoms with Crippen LogP contribution in [0.15, 0.2) is 79.3 Å². The molecule has 0 spiro atoms. The number of carbonyl (C=O) groups is 1. The largest absolute Gasteiger partial charge is 0.489 e. The van der Waals surface area contributed by atoms with Gasteiger partial charge in [0, 0.05) is 10.9 Å². The van der Waals surface area contributed by atoms with E-state index >= 15 is 0 Å². The minimum absolute atomic E-state index is 0.120. The van der Waals surface area contributed by atoms with E-state index in [1.807, 2.05) is 30.3 Å². The van der Waals surface area contributed by atoms with Crippen LogP contribution in [0.4, 0.5) is 0 Å². The molecule has 1 aliphatic rings. The van der Waals surface area contributed by atoms with Crippen LogP contribution in [0.1, 0.15) is 38.4 Å². The summed E-state index contributed by atoms with van der Waals surface area (Å²) < 4.78 is 6.07. The molecule has 1 unspecified atom stereocenters. The van der Waals surface area contributed by atoms with Crippen molar-refractivity contribution in [2.24, 2.45) is 5.73 Å². The Bertz CT molecular complexity index is 1700. The lowest BCUT2D eigenvalue weighted by molar-refractivity contribution is 0.0996. The number of hydrogen-bond donors (Lipinski definition) is 3. The third-order valence-corrected chi connectivity index (χ3v) is 6.55. The highest BCUT2D eigenvalue weighted by Crippen LogP contribution is 2.40. The fraction of sp³-hybridized carbons (Fsp3) is 0.0714. The molecule has 1 aliphatic heterocycles. The van der Waals surface area contributed by atoms with E-state index in [9.17, 15) is 15.2 Å². The molecule has 36 heavy (non-hydrogen) atoms. The second kappa shape index (κ2) is 8.05. The van der Waals surface area contributed by atoms with Crippen LogP contribution in [0.2, 0.25) is 0 Å². The van der Waals surface area contributed by atoms with E-state index in [2.05, 4.69) is 21.0 Å². The van der Waals surface area contributed by atoms with Gasteiger partial charge >= 0.3 is 0 Å². The van der Waals surface area contributed by atoms with E-state index in [4.69, 9.17) is 10.5 Å². The Labute approximate surface area is 205 Å². The van der Waals surface area contributed by atoms with Crippen molar-refractivity contribution >= 4 is 16.8 Å². The number of fused-ring (bicyclic) bond motifs is 6. The lowest BCUT2D eigenvalue weighted by Gasteiger charge is -2.29. The zero-order valence-electron chi connectivity index (χ0n) is 18.9. The third kappa shape index (κ3) is 3.30. The molecule has 0 fully saturated rings. The minimum Gasteiger partial charge on any atom is -0.489 e. The highest BCUT2D eigenvalue weighted by atomic mass is 16.5. The number of aromatic nitrogens is 3. The third-order valence-electron chi connectivity index (χ3n) is 6.55. The number of H-pyrrole nitrogens is 1. The predicted molar refractivity (Wildman–Crippen MR) is 132 cm³/mol. The molecule has 0 saturated heterocycles. The molecule has 6 bridgehead atoms. The number of aromatic amines is 1. The fourth-order valence-electron chi connectivity index (χ4n) is 4.71. The van der Waals surface area contributed by atoms with Gasteiger partial charge in [0.2, 0.25) is 0 Å². The number of nitrogens with one attached hydrogen (secondary N) is 1. The average molecular weight is 473 g/mol. The molecule has 3 heterocycles. The van der Waals surface area contributed by atoms with E-state index in [0.717, 1.165) is 16.5 Å². The number of amides is 1. The number of aliphatic hydroxyl groups is 1. The number of ether oxygens (including phenoxy) is 1. The summed E-state index contributed by atoms with van der Waals surface area (Å²) in [6, 6.07) is 21.8. The van der Waals surface area contributed by atoms with E-state index in [1.165, 1.54) is 6.33 Å². The van der Waals surface area contributed by atoms with E-state index in [0.29, 0.717) is 39.2 Å². The van der Waals surface area contributed by atoms with Gasteiger partial charge in [-0.25, -0.2) is 9.97 Å². The molecule has 174 valence electrons. The Hall–Kier alpha value is -5.00. The summed E-state index contributed by atoms with van der Waals surface area (Å²) in [4.78, 5) is 23.7. The van der Waals surface area contributed by atoms with Crippen molar-refractivity contribution < 1.29 is 14.6 Å². The summed E-state index contributed by atoms with van der Waals surface area (Å²) in [6.45, 7) is 0.120. The van der Waals surface area contributed by atoms with Gasteiger partial charge in [0.1, 0.15) is 18.1 Å². The molecule has 8 nitrogen and oxygen atoms in total. The zero-order valence-corrected chi connectivity index (χ0v) is 18.9. The molecule has 8 heteroatoms. The SMILES string of the molecule is N#Cc1ccc2cc1COc1cccc(c1)-c1cc(C(N)=O)nc3ccc(cc13)C2(O)c1cnc[nH]1. The van der Waals surface area contributed by atoms with Crippen LogP contribution in [0.25, 0.3) is 22.0 Å². The Kier molecular flexibility index (Phi) is 4.81. The number of pyridine rings is 1. The normalized spacial score (nSPS) is 16.3. The fourth-order valence-corrected chi connectivity index (χ4v) is 4.71. The molecular formula is C28H19N5O3. The number of imidazole rings is 1. The van der Waals surface area contributed by atoms with E-state index in [1.54, 1.807) is 42.6 Å². The van der Waals surface area contributed by atoms with Crippen molar-refractivity contribution in [1.82, 2.24) is 15.0 Å². The first-order valence-corrected chi connectivity index (χ1v) is 11.2. The second-order valence-electron chi connectivity index (χ2n) is 8.63. The molecule has 3 aromatic carbocycles. The van der Waals surface area contributed by atoms with Crippen molar-refractivity contribution in [3.05, 3.63) is 113 Å². The highest BCUT2D eigenvalue weighted by Gasteiger charge is 2.36. The number of rotatable bonds is 2. The first-order valence-electron chi connectivity index (χ1n) is 11.2. The average Bonchev–Trinajstić information content (AvgIpc) is 3.46. The maximum Gasteiger partial charge on any atom is 0.267 e. The number of hydrogen-bond acceptors (Lipinski definition) is 6. The molecule has 2 aromatic heterocycles. The summed E-state index contributed by atoms with van der Waals surface area (Å²) in [6.07, 6.45) is 3.07. The maximum absolute atomic E-state index is 12.3. The smallest absolute Gasteiger partial charge is 0.267 e. The van der Waals surface area contributed by atoms with Crippen LogP contribution >= 0.6 is 0 Å². The van der Waals surface area contributed by atoms with Gasteiger partial charge in [-0.3, -0.25) is 4.79 Å². The monoisotopic (exact) mass is 473 g/mol. The van der Waals surface area contributed by atoms with Crippen LogP contribution in [-0.4, -0.2) is 26.0 Å². The van der Waals surface area contributed by atoms with E-state index < -0.39 is 11.5 Å². The van der Waals surface area contributed by atoms with Gasteiger partial charge in [-0.1, -0.05) is 24.3 Å². The van der Waals surface area contributed by atoms with Gasteiger partial charge in [-0.2, -0.15) is 5.26 Å². The molecule has 1 amide bonds. The van der Waals surface area contributed by atoms with Crippen LogP contribution in [0, 0.1) is 11.3 Å². The number of nitriles is 1. The van der Waals surface area contributed by atoms with Crippen molar-refractivity contribution in [3.63, 3.8) is 0 Å². The first-order chi connectivity index (χ1) is 17.5. The molecule has 6 rings (SSSR count). The van der Waals surface area contributed by atoms with Gasteiger partial charge in [0.25, 0.3) is 5.91 Å². The van der Waals surface area contributed by atoms with Crippen LogP contribution < -0.4 is 10.5 Å². The number of benzene rings is 3. The molecule has 4 N–H and O–H groups in total. The molecule has 0 radical (unpaired) electrons. The van der Waals surface area contributed by atoms with Crippen LogP contribution in [0.3, 0.4) is 0 Å². The Balaban J connectivity index is 1.73. The summed E-state index contributed by atoms with van der Waals surface area (Å²) >= 11 is 0. The minimum atomic E-state index is -1.63. The molecule has 5 aromatic rings. The Morgan fingerprint density at radius 3 is 2.72 bits per heavy atom. The van der Waals surface area contributed by atoms with Crippen molar-refractivity contribution in [3.8, 4) is 22.9 Å². The second-order valence-corrected chi connectivity index (χ2v) is 8.63. The summed E-state index contributed by atoms with van der Waals surface area (Å²) in [5.41, 5.74) is 8.79. The predicted octanol–water partition coefficient (Wildman–Crippen LogP) is 3.77. The molecule has 1 atom stereocenters. The van der Waals surface area contributed by atoms with Gasteiger partial charge in [-0.05, 0) is 64.7 Å². The van der Waals surface area contributed by atoms with Crippen molar-refractivity contribution in [2.45, 2.75) is 12.2 Å². The summed E-state index contributed by atoms with van der Waals surface area (Å²) in [5, 5.41) is 22.7. The molecular weight excluding hydrogens is 454 g/mol. The van der Waals surface area contributed by atoms with Crippen LogP contribution in [-0.2, 0) is 12.2 Å². The van der Waals surface area contributed by atoms with Gasteiger partial charge in [0.05, 0.1) is 35.4 Å². The van der Waals surface area contributed by atoms with Crippen LogP contribution in [0.5, 0.6) is 5.75 Å². The summed E-state index contributed by atoms with van der Waals surface area (Å²) in [5.74, 6) is -0.0480. The van der Waals surface area contributed by atoms with Gasteiger partial charge in [0.15, 0.2) is 5.60 Å². The summed E-state index contributed by atoms with van der Waals surface area (Å²) in [7, 11) is 0. The zero-order chi connectivity index (χ0) is 24.9. The topological polar surface area (TPSA) is 138 Å². The quantitative estimate of drug-likeness (QED) is 0.357. The standard InChI is InChI=1S/C28H19N5O3/c29-12-17-4-5-19-8-18(17)14-36-21-3-1-2-16(9-21)22-11-25(27(30)34)33-24-7-6-20(10-23(22)24)28(19,35)26-13-31-15-32-26/h1-11,13,15,35H,14H2,(H2,30,34)(H,31,32). The number of primary amides is 1. The highest BCUT2D eigenvalue weighted by molar-refractivity contribution is 6.01. The van der Waals surface area contributed by atoms with Crippen molar-refractivity contribution in [1.29, 1.82) is 5.26 Å².